The summed E-state index contributed by atoms with van der Waals surface area (Å²) < 4.78 is 5.58. The molecule has 110 valence electrons. The zero-order chi connectivity index (χ0) is 15.2. The quantitative estimate of drug-likeness (QED) is 0.502. The van der Waals surface area contributed by atoms with E-state index in [1.54, 1.807) is 13.8 Å². The van der Waals surface area contributed by atoms with Gasteiger partial charge in [0.1, 0.15) is 22.2 Å². The molecule has 0 aliphatic heterocycles. The molecule has 0 saturated heterocycles. The highest BCUT2D eigenvalue weighted by atomic mass is 32.2. The molecule has 2 aromatic rings. The molecule has 1 aromatic carbocycles. The number of carbonyl (C=O) groups is 1. The molecular weight excluding hydrogens is 288 g/mol. The Balaban J connectivity index is 1.98. The summed E-state index contributed by atoms with van der Waals surface area (Å²) in [5.41, 5.74) is 0.659. The molecule has 0 spiro atoms. The second-order valence-corrected chi connectivity index (χ2v) is 5.44. The van der Waals surface area contributed by atoms with E-state index in [4.69, 9.17) is 4.74 Å². The van der Waals surface area contributed by atoms with Crippen LogP contribution in [0, 0.1) is 13.8 Å². The zero-order valence-electron chi connectivity index (χ0n) is 11.9. The highest BCUT2D eigenvalue weighted by Gasteiger charge is 2.17. The number of aromatic carboxylic acids is 1. The van der Waals surface area contributed by atoms with Crippen LogP contribution in [0.4, 0.5) is 0 Å². The number of ether oxygens (including phenoxy) is 1. The maximum absolute atomic E-state index is 11.3. The van der Waals surface area contributed by atoms with E-state index < -0.39 is 5.97 Å². The van der Waals surface area contributed by atoms with Gasteiger partial charge in [0.25, 0.3) is 0 Å². The van der Waals surface area contributed by atoms with E-state index in [-0.39, 0.29) is 5.56 Å². The predicted octanol–water partition coefficient (Wildman–Crippen LogP) is 2.96. The van der Waals surface area contributed by atoms with Crippen LogP contribution < -0.4 is 4.74 Å². The van der Waals surface area contributed by atoms with Gasteiger partial charge in [-0.3, -0.25) is 0 Å². The van der Waals surface area contributed by atoms with Crippen LogP contribution in [0.25, 0.3) is 0 Å². The van der Waals surface area contributed by atoms with Gasteiger partial charge in [0.05, 0.1) is 12.3 Å². The molecule has 0 aliphatic carbocycles. The first kappa shape index (κ1) is 15.3. The molecule has 0 unspecified atom stereocenters. The summed E-state index contributed by atoms with van der Waals surface area (Å²) in [7, 11) is 0. The van der Waals surface area contributed by atoms with E-state index in [0.717, 1.165) is 5.75 Å². The second-order valence-electron chi connectivity index (χ2n) is 4.35. The van der Waals surface area contributed by atoms with Crippen molar-refractivity contribution in [3.05, 3.63) is 47.4 Å². The zero-order valence-corrected chi connectivity index (χ0v) is 12.7. The molecule has 0 amide bonds. The summed E-state index contributed by atoms with van der Waals surface area (Å²) in [6.45, 7) is 3.92. The van der Waals surface area contributed by atoms with Crippen molar-refractivity contribution in [2.24, 2.45) is 0 Å². The van der Waals surface area contributed by atoms with Gasteiger partial charge >= 0.3 is 5.97 Å². The van der Waals surface area contributed by atoms with Crippen LogP contribution in [0.2, 0.25) is 0 Å². The Morgan fingerprint density at radius 1 is 1.24 bits per heavy atom. The first-order valence-corrected chi connectivity index (χ1v) is 7.45. The summed E-state index contributed by atoms with van der Waals surface area (Å²) in [4.78, 5) is 19.6. The molecular formula is C15H16N2O3S. The van der Waals surface area contributed by atoms with E-state index in [1.807, 2.05) is 30.3 Å². The van der Waals surface area contributed by atoms with Gasteiger partial charge < -0.3 is 9.84 Å². The molecule has 1 N–H and O–H groups in total. The Hall–Kier alpha value is -2.08. The molecule has 0 atom stereocenters. The second kappa shape index (κ2) is 7.08. The van der Waals surface area contributed by atoms with Crippen molar-refractivity contribution in [2.45, 2.75) is 18.9 Å². The van der Waals surface area contributed by atoms with Gasteiger partial charge in [-0.15, -0.1) is 11.8 Å². The van der Waals surface area contributed by atoms with E-state index >= 15 is 0 Å². The van der Waals surface area contributed by atoms with Crippen LogP contribution in [0.15, 0.2) is 35.4 Å². The monoisotopic (exact) mass is 304 g/mol. The molecule has 6 heteroatoms. The highest BCUT2D eigenvalue weighted by Crippen LogP contribution is 2.23. The number of nitrogens with zero attached hydrogens (tertiary/aromatic N) is 2. The molecule has 5 nitrogen and oxygen atoms in total. The first-order valence-electron chi connectivity index (χ1n) is 6.47. The van der Waals surface area contributed by atoms with E-state index in [0.29, 0.717) is 28.9 Å². The first-order chi connectivity index (χ1) is 10.1. The lowest BCUT2D eigenvalue weighted by Crippen LogP contribution is -2.09. The maximum Gasteiger partial charge on any atom is 0.340 e. The van der Waals surface area contributed by atoms with E-state index in [1.165, 1.54) is 11.8 Å². The molecule has 0 bridgehead atoms. The number of carboxylic acid groups (broad SMARTS) is 1. The fraction of sp³-hybridized carbons (Fsp3) is 0.267. The third-order valence-electron chi connectivity index (χ3n) is 2.72. The molecule has 0 aliphatic rings. The molecule has 0 saturated carbocycles. The standard InChI is InChI=1S/C15H16N2O3S/c1-10-13(15(18)19)14(17-11(2)16-10)21-9-8-20-12-6-4-3-5-7-12/h3-7H,8-9H2,1-2H3,(H,18,19). The number of hydrogen-bond acceptors (Lipinski definition) is 5. The van der Waals surface area contributed by atoms with Crippen molar-refractivity contribution in [3.8, 4) is 5.75 Å². The Bertz CT molecular complexity index is 632. The number of aromatic nitrogens is 2. The summed E-state index contributed by atoms with van der Waals surface area (Å²) >= 11 is 1.37. The average molecular weight is 304 g/mol. The van der Waals surface area contributed by atoms with Gasteiger partial charge in [0.2, 0.25) is 0 Å². The molecule has 1 heterocycles. The SMILES string of the molecule is Cc1nc(C)c(C(=O)O)c(SCCOc2ccccc2)n1. The Morgan fingerprint density at radius 2 is 1.95 bits per heavy atom. The lowest BCUT2D eigenvalue weighted by Gasteiger charge is -2.09. The van der Waals surface area contributed by atoms with Crippen LogP contribution in [-0.2, 0) is 0 Å². The van der Waals surface area contributed by atoms with Crippen molar-refractivity contribution in [3.63, 3.8) is 0 Å². The number of benzene rings is 1. The Labute approximate surface area is 127 Å². The highest BCUT2D eigenvalue weighted by molar-refractivity contribution is 7.99. The van der Waals surface area contributed by atoms with Crippen LogP contribution in [0.1, 0.15) is 21.9 Å². The minimum Gasteiger partial charge on any atom is -0.493 e. The van der Waals surface area contributed by atoms with Crippen LogP contribution in [0.5, 0.6) is 5.75 Å². The maximum atomic E-state index is 11.3. The Kier molecular flexibility index (Phi) is 5.16. The van der Waals surface area contributed by atoms with Gasteiger partial charge in [-0.1, -0.05) is 18.2 Å². The third-order valence-corrected chi connectivity index (χ3v) is 3.66. The molecule has 1 aromatic heterocycles. The van der Waals surface area contributed by atoms with Crippen molar-refractivity contribution < 1.29 is 14.6 Å². The topological polar surface area (TPSA) is 72.3 Å². The largest absolute Gasteiger partial charge is 0.493 e. The number of thioether (sulfide) groups is 1. The number of aryl methyl sites for hydroxylation is 2. The van der Waals surface area contributed by atoms with Crippen molar-refractivity contribution >= 4 is 17.7 Å². The normalized spacial score (nSPS) is 10.4. The van der Waals surface area contributed by atoms with Crippen LogP contribution in [-0.4, -0.2) is 33.4 Å². The van der Waals surface area contributed by atoms with Gasteiger partial charge in [-0.2, -0.15) is 0 Å². The average Bonchev–Trinajstić information content (AvgIpc) is 2.43. The van der Waals surface area contributed by atoms with Gasteiger partial charge in [0, 0.05) is 5.75 Å². The van der Waals surface area contributed by atoms with Crippen molar-refractivity contribution in [2.75, 3.05) is 12.4 Å². The molecule has 0 radical (unpaired) electrons. The smallest absolute Gasteiger partial charge is 0.340 e. The minimum absolute atomic E-state index is 0.172. The van der Waals surface area contributed by atoms with Crippen LogP contribution >= 0.6 is 11.8 Å². The summed E-state index contributed by atoms with van der Waals surface area (Å²) in [5, 5.41) is 9.74. The minimum atomic E-state index is -1.00. The van der Waals surface area contributed by atoms with E-state index in [2.05, 4.69) is 9.97 Å². The predicted molar refractivity (Wildman–Crippen MR) is 81.1 cm³/mol. The molecule has 2 rings (SSSR count). The van der Waals surface area contributed by atoms with Crippen LogP contribution in [0.3, 0.4) is 0 Å². The van der Waals surface area contributed by atoms with Gasteiger partial charge in [0.15, 0.2) is 0 Å². The fourth-order valence-corrected chi connectivity index (χ4v) is 2.78. The van der Waals surface area contributed by atoms with E-state index in [9.17, 15) is 9.90 Å². The molecule has 0 fully saturated rings. The number of carboxylic acids is 1. The lowest BCUT2D eigenvalue weighted by molar-refractivity contribution is 0.0690. The number of hydrogen-bond donors (Lipinski definition) is 1. The molecule has 21 heavy (non-hydrogen) atoms. The number of para-hydroxylation sites is 1. The summed E-state index contributed by atoms with van der Waals surface area (Å²) in [6, 6.07) is 9.50. The lowest BCUT2D eigenvalue weighted by atomic mass is 10.2. The third kappa shape index (κ3) is 4.19. The fourth-order valence-electron chi connectivity index (χ4n) is 1.85. The summed E-state index contributed by atoms with van der Waals surface area (Å²) in [5.74, 6) is 0.986. The number of rotatable bonds is 6. The van der Waals surface area contributed by atoms with Gasteiger partial charge in [-0.25, -0.2) is 14.8 Å². The van der Waals surface area contributed by atoms with Gasteiger partial charge in [-0.05, 0) is 26.0 Å². The summed E-state index contributed by atoms with van der Waals surface area (Å²) in [6.07, 6.45) is 0. The van der Waals surface area contributed by atoms with Crippen molar-refractivity contribution in [1.82, 2.24) is 9.97 Å². The Morgan fingerprint density at radius 3 is 2.62 bits per heavy atom. The van der Waals surface area contributed by atoms with Crippen molar-refractivity contribution in [1.29, 1.82) is 0 Å².